The Morgan fingerprint density at radius 2 is 2.62 bits per heavy atom. The van der Waals surface area contributed by atoms with Gasteiger partial charge in [0.25, 0.3) is 0 Å². The maximum absolute atomic E-state index is 5.43. The minimum absolute atomic E-state index is 0.104. The van der Waals surface area contributed by atoms with Crippen LogP contribution in [-0.2, 0) is 0 Å². The van der Waals surface area contributed by atoms with Gasteiger partial charge in [-0.25, -0.2) is 0 Å². The van der Waals surface area contributed by atoms with Gasteiger partial charge in [0.05, 0.1) is 18.0 Å². The van der Waals surface area contributed by atoms with Crippen LogP contribution in [0.2, 0.25) is 0 Å². The molecular formula is C9H14N2OS. The van der Waals surface area contributed by atoms with Crippen molar-refractivity contribution in [2.24, 2.45) is 5.84 Å². The molecule has 13 heavy (non-hydrogen) atoms. The van der Waals surface area contributed by atoms with Crippen molar-refractivity contribution in [3.63, 3.8) is 0 Å². The average molecular weight is 198 g/mol. The van der Waals surface area contributed by atoms with E-state index in [2.05, 4.69) is 12.0 Å². The summed E-state index contributed by atoms with van der Waals surface area (Å²) in [6.07, 6.45) is 2.64. The average Bonchev–Trinajstić information content (AvgIpc) is 2.61. The van der Waals surface area contributed by atoms with Gasteiger partial charge in [-0.05, 0) is 17.9 Å². The Bertz CT molecular complexity index is 272. The van der Waals surface area contributed by atoms with Crippen molar-refractivity contribution in [1.82, 2.24) is 5.43 Å². The first-order valence-electron chi connectivity index (χ1n) is 4.01. The molecular weight excluding hydrogens is 184 g/mol. The molecule has 0 saturated carbocycles. The molecule has 1 aromatic rings. The van der Waals surface area contributed by atoms with Gasteiger partial charge in [-0.2, -0.15) is 0 Å². The normalized spacial score (nSPS) is 12.5. The molecule has 1 rings (SSSR count). The molecule has 0 amide bonds. The van der Waals surface area contributed by atoms with Crippen molar-refractivity contribution in [1.29, 1.82) is 0 Å². The van der Waals surface area contributed by atoms with Gasteiger partial charge in [-0.3, -0.25) is 11.3 Å². The summed E-state index contributed by atoms with van der Waals surface area (Å²) in [5.41, 5.74) is 2.74. The van der Waals surface area contributed by atoms with Crippen LogP contribution in [0.1, 0.15) is 17.3 Å². The minimum Gasteiger partial charge on any atom is -0.496 e. The quantitative estimate of drug-likeness (QED) is 0.431. The summed E-state index contributed by atoms with van der Waals surface area (Å²) in [7, 11) is 1.66. The Hall–Kier alpha value is -0.840. The van der Waals surface area contributed by atoms with E-state index in [4.69, 9.17) is 10.6 Å². The van der Waals surface area contributed by atoms with Crippen molar-refractivity contribution in [3.05, 3.63) is 29.0 Å². The molecule has 4 heteroatoms. The van der Waals surface area contributed by atoms with E-state index in [1.807, 2.05) is 17.5 Å². The fraction of sp³-hybridized carbons (Fsp3) is 0.333. The van der Waals surface area contributed by atoms with Crippen LogP contribution in [0.25, 0.3) is 0 Å². The molecule has 0 aliphatic carbocycles. The highest BCUT2D eigenvalue weighted by Crippen LogP contribution is 2.32. The molecule has 0 aliphatic rings. The molecule has 72 valence electrons. The van der Waals surface area contributed by atoms with E-state index in [9.17, 15) is 0 Å². The number of hydrogen-bond acceptors (Lipinski definition) is 4. The van der Waals surface area contributed by atoms with Crippen molar-refractivity contribution in [3.8, 4) is 5.75 Å². The maximum atomic E-state index is 5.43. The molecule has 1 aromatic heterocycles. The highest BCUT2D eigenvalue weighted by atomic mass is 32.1. The lowest BCUT2D eigenvalue weighted by Gasteiger charge is -2.13. The van der Waals surface area contributed by atoms with Gasteiger partial charge in [-0.1, -0.05) is 6.08 Å². The van der Waals surface area contributed by atoms with E-state index in [0.717, 1.165) is 17.0 Å². The molecule has 0 radical (unpaired) electrons. The van der Waals surface area contributed by atoms with E-state index in [1.54, 1.807) is 18.4 Å². The molecule has 1 heterocycles. The lowest BCUT2D eigenvalue weighted by Crippen LogP contribution is -2.27. The van der Waals surface area contributed by atoms with Crippen LogP contribution in [0.3, 0.4) is 0 Å². The van der Waals surface area contributed by atoms with Crippen molar-refractivity contribution < 1.29 is 4.74 Å². The van der Waals surface area contributed by atoms with E-state index < -0.39 is 0 Å². The van der Waals surface area contributed by atoms with Crippen LogP contribution in [0.5, 0.6) is 5.75 Å². The SMILES string of the molecule is C=CCC(NN)c1sccc1OC. The predicted molar refractivity (Wildman–Crippen MR) is 55.7 cm³/mol. The van der Waals surface area contributed by atoms with Crippen LogP contribution < -0.4 is 16.0 Å². The minimum atomic E-state index is 0.104. The van der Waals surface area contributed by atoms with E-state index in [0.29, 0.717) is 0 Å². The van der Waals surface area contributed by atoms with E-state index in [-0.39, 0.29) is 6.04 Å². The molecule has 3 nitrogen and oxygen atoms in total. The van der Waals surface area contributed by atoms with Crippen molar-refractivity contribution in [2.75, 3.05) is 7.11 Å². The first kappa shape index (κ1) is 10.2. The zero-order chi connectivity index (χ0) is 9.68. The Morgan fingerprint density at radius 1 is 1.85 bits per heavy atom. The molecule has 3 N–H and O–H groups in total. The monoisotopic (exact) mass is 198 g/mol. The Labute approximate surface area is 82.2 Å². The zero-order valence-electron chi connectivity index (χ0n) is 7.62. The van der Waals surface area contributed by atoms with E-state index >= 15 is 0 Å². The highest BCUT2D eigenvalue weighted by molar-refractivity contribution is 7.10. The zero-order valence-corrected chi connectivity index (χ0v) is 8.43. The second-order valence-electron chi connectivity index (χ2n) is 2.60. The predicted octanol–water partition coefficient (Wildman–Crippen LogP) is 1.84. The van der Waals surface area contributed by atoms with Crippen LogP contribution in [0.4, 0.5) is 0 Å². The summed E-state index contributed by atoms with van der Waals surface area (Å²) < 4.78 is 5.20. The van der Waals surface area contributed by atoms with E-state index in [1.165, 1.54) is 0 Å². The van der Waals surface area contributed by atoms with Gasteiger partial charge in [0.2, 0.25) is 0 Å². The number of methoxy groups -OCH3 is 1. The summed E-state index contributed by atoms with van der Waals surface area (Å²) in [5, 5.41) is 1.99. The topological polar surface area (TPSA) is 47.3 Å². The number of hydrazine groups is 1. The number of nitrogens with two attached hydrogens (primary N) is 1. The lowest BCUT2D eigenvalue weighted by atomic mass is 10.2. The first-order valence-corrected chi connectivity index (χ1v) is 4.89. The van der Waals surface area contributed by atoms with Crippen LogP contribution in [0, 0.1) is 0 Å². The summed E-state index contributed by atoms with van der Waals surface area (Å²) in [6.45, 7) is 3.68. The van der Waals surface area contributed by atoms with Gasteiger partial charge in [0, 0.05) is 0 Å². The van der Waals surface area contributed by atoms with Crippen molar-refractivity contribution >= 4 is 11.3 Å². The number of hydrogen-bond donors (Lipinski definition) is 2. The van der Waals surface area contributed by atoms with Crippen LogP contribution in [0.15, 0.2) is 24.1 Å². The number of ether oxygens (including phenoxy) is 1. The third-order valence-electron chi connectivity index (χ3n) is 1.80. The second-order valence-corrected chi connectivity index (χ2v) is 3.54. The van der Waals surface area contributed by atoms with Gasteiger partial charge >= 0.3 is 0 Å². The summed E-state index contributed by atoms with van der Waals surface area (Å²) in [4.78, 5) is 1.12. The van der Waals surface area contributed by atoms with Gasteiger partial charge < -0.3 is 4.74 Å². The van der Waals surface area contributed by atoms with Crippen LogP contribution >= 0.6 is 11.3 Å². The highest BCUT2D eigenvalue weighted by Gasteiger charge is 2.14. The van der Waals surface area contributed by atoms with Gasteiger partial charge in [0.15, 0.2) is 0 Å². The smallest absolute Gasteiger partial charge is 0.134 e. The molecule has 0 aliphatic heterocycles. The third kappa shape index (κ3) is 2.30. The van der Waals surface area contributed by atoms with Crippen molar-refractivity contribution in [2.45, 2.75) is 12.5 Å². The molecule has 1 unspecified atom stereocenters. The number of rotatable bonds is 5. The summed E-state index contributed by atoms with van der Waals surface area (Å²) in [5.74, 6) is 6.31. The largest absolute Gasteiger partial charge is 0.496 e. The third-order valence-corrected chi connectivity index (χ3v) is 2.81. The van der Waals surface area contributed by atoms with Gasteiger partial charge in [-0.15, -0.1) is 17.9 Å². The number of nitrogens with one attached hydrogen (secondary N) is 1. The molecule has 1 atom stereocenters. The molecule has 0 bridgehead atoms. The lowest BCUT2D eigenvalue weighted by molar-refractivity contribution is 0.404. The second kappa shape index (κ2) is 5.01. The fourth-order valence-corrected chi connectivity index (χ4v) is 2.08. The Balaban J connectivity index is 2.82. The maximum Gasteiger partial charge on any atom is 0.134 e. The number of thiophene rings is 1. The fourth-order valence-electron chi connectivity index (χ4n) is 1.15. The van der Waals surface area contributed by atoms with Crippen LogP contribution in [-0.4, -0.2) is 7.11 Å². The molecule has 0 saturated heterocycles. The Morgan fingerprint density at radius 3 is 3.15 bits per heavy atom. The molecule has 0 fully saturated rings. The molecule has 0 aromatic carbocycles. The summed E-state index contributed by atoms with van der Waals surface area (Å²) >= 11 is 1.63. The Kier molecular flexibility index (Phi) is 3.95. The first-order chi connectivity index (χ1) is 6.33. The standard InChI is InChI=1S/C9H14N2OS/c1-3-4-7(11-10)9-8(12-2)5-6-13-9/h3,5-7,11H,1,4,10H2,2H3. The van der Waals surface area contributed by atoms with Gasteiger partial charge in [0.1, 0.15) is 5.75 Å². The summed E-state index contributed by atoms with van der Waals surface area (Å²) in [6, 6.07) is 2.04. The molecule has 0 spiro atoms.